The molecule has 9 nitrogen and oxygen atoms in total. The number of imidazole rings is 1. The van der Waals surface area contributed by atoms with Gasteiger partial charge in [0, 0.05) is 34.3 Å². The van der Waals surface area contributed by atoms with E-state index in [9.17, 15) is 17.6 Å². The number of nitrogens with zero attached hydrogens (tertiary/aromatic N) is 4. The second-order valence-electron chi connectivity index (χ2n) is 11.4. The van der Waals surface area contributed by atoms with Crippen LogP contribution in [0.4, 0.5) is 9.18 Å². The van der Waals surface area contributed by atoms with Crippen molar-refractivity contribution in [2.75, 3.05) is 13.1 Å². The standard InChI is InChI=1S/C31H33Cl2FN6O3S2/c1-19-13-22(8-10-24(19)32)31(3,4)27-17-36-30(40(27)28-14-20(2)26(34)16-35-28)44-18-21-7-9-23(15-25(21)33)45(42,43)38-29(41)37-39-11-5-6-12-39/h7-10,13-17H,5-6,11-12,18H2,1-4H3,(H2,37,38,41). The molecule has 3 heterocycles. The van der Waals surface area contributed by atoms with E-state index < -0.39 is 27.3 Å². The van der Waals surface area contributed by atoms with Crippen LogP contribution < -0.4 is 10.1 Å². The normalized spacial score (nSPS) is 14.1. The van der Waals surface area contributed by atoms with Gasteiger partial charge in [-0.25, -0.2) is 37.3 Å². The Morgan fingerprint density at radius 1 is 1.00 bits per heavy atom. The molecule has 1 saturated heterocycles. The summed E-state index contributed by atoms with van der Waals surface area (Å²) in [6, 6.07) is 11.1. The molecule has 0 bridgehead atoms. The number of amides is 2. The molecule has 2 N–H and O–H groups in total. The highest BCUT2D eigenvalue weighted by atomic mass is 35.5. The lowest BCUT2D eigenvalue weighted by molar-refractivity contribution is 0.202. The quantitative estimate of drug-likeness (QED) is 0.183. The van der Waals surface area contributed by atoms with Crippen molar-refractivity contribution in [2.24, 2.45) is 0 Å². The van der Waals surface area contributed by atoms with Crippen LogP contribution in [-0.2, 0) is 21.2 Å². The van der Waals surface area contributed by atoms with Crippen molar-refractivity contribution < 1.29 is 17.6 Å². The van der Waals surface area contributed by atoms with E-state index >= 15 is 0 Å². The van der Waals surface area contributed by atoms with Crippen LogP contribution >= 0.6 is 35.0 Å². The second kappa shape index (κ2) is 13.3. The molecule has 2 aromatic carbocycles. The Labute approximate surface area is 276 Å². The SMILES string of the molecule is Cc1cc(-n2c(C(C)(C)c3ccc(Cl)c(C)c3)cnc2SCc2ccc(S(=O)(=O)NC(=O)NN3CCCC3)cc2Cl)ncc1F. The largest absolute Gasteiger partial charge is 0.343 e. The summed E-state index contributed by atoms with van der Waals surface area (Å²) in [7, 11) is -4.15. The summed E-state index contributed by atoms with van der Waals surface area (Å²) in [5.74, 6) is 0.444. The Balaban J connectivity index is 1.41. The van der Waals surface area contributed by atoms with Gasteiger partial charge >= 0.3 is 6.03 Å². The first kappa shape index (κ1) is 33.2. The van der Waals surface area contributed by atoms with Crippen molar-refractivity contribution in [3.05, 3.63) is 98.7 Å². The molecule has 2 aromatic heterocycles. The molecule has 1 fully saturated rings. The van der Waals surface area contributed by atoms with Crippen molar-refractivity contribution in [3.63, 3.8) is 0 Å². The number of halogens is 3. The number of benzene rings is 2. The van der Waals surface area contributed by atoms with Crippen LogP contribution in [0.15, 0.2) is 64.9 Å². The minimum atomic E-state index is -4.15. The fourth-order valence-electron chi connectivity index (χ4n) is 5.06. The van der Waals surface area contributed by atoms with E-state index in [-0.39, 0.29) is 9.92 Å². The molecule has 0 saturated carbocycles. The molecule has 0 spiro atoms. The van der Waals surface area contributed by atoms with Crippen LogP contribution in [0, 0.1) is 19.7 Å². The topological polar surface area (TPSA) is 109 Å². The van der Waals surface area contributed by atoms with Gasteiger partial charge in [-0.2, -0.15) is 0 Å². The number of aryl methyl sites for hydroxylation is 2. The Morgan fingerprint density at radius 2 is 1.73 bits per heavy atom. The van der Waals surface area contributed by atoms with E-state index in [0.29, 0.717) is 46.0 Å². The molecule has 5 rings (SSSR count). The summed E-state index contributed by atoms with van der Waals surface area (Å²) in [5.41, 5.74) is 5.91. The predicted molar refractivity (Wildman–Crippen MR) is 175 cm³/mol. The minimum Gasteiger partial charge on any atom is -0.275 e. The number of hydrogen-bond donors (Lipinski definition) is 2. The first-order valence-corrected chi connectivity index (χ1v) is 17.5. The third kappa shape index (κ3) is 7.30. The summed E-state index contributed by atoms with van der Waals surface area (Å²) in [4.78, 5) is 21.2. The Kier molecular flexibility index (Phi) is 9.81. The zero-order valence-electron chi connectivity index (χ0n) is 25.2. The molecule has 0 atom stereocenters. The number of carbonyl (C=O) groups excluding carboxylic acids is 1. The number of nitrogens with one attached hydrogen (secondary N) is 2. The third-order valence-corrected chi connectivity index (χ3v) is 10.9. The van der Waals surface area contributed by atoms with Gasteiger partial charge in [0.25, 0.3) is 10.0 Å². The number of hydrazine groups is 1. The maximum absolute atomic E-state index is 14.2. The molecule has 2 amide bonds. The summed E-state index contributed by atoms with van der Waals surface area (Å²) in [6.07, 6.45) is 4.84. The molecular weight excluding hydrogens is 658 g/mol. The van der Waals surface area contributed by atoms with E-state index in [1.165, 1.54) is 30.1 Å². The van der Waals surface area contributed by atoms with E-state index in [2.05, 4.69) is 24.3 Å². The predicted octanol–water partition coefficient (Wildman–Crippen LogP) is 6.95. The average molecular weight is 692 g/mol. The maximum Gasteiger partial charge on any atom is 0.343 e. The smallest absolute Gasteiger partial charge is 0.275 e. The number of thioether (sulfide) groups is 1. The van der Waals surface area contributed by atoms with Crippen LogP contribution in [0.2, 0.25) is 10.0 Å². The lowest BCUT2D eigenvalue weighted by Crippen LogP contribution is -2.47. The number of sulfonamides is 1. The summed E-state index contributed by atoms with van der Waals surface area (Å²) in [5, 5.41) is 3.16. The molecule has 0 unspecified atom stereocenters. The second-order valence-corrected chi connectivity index (χ2v) is 14.9. The van der Waals surface area contributed by atoms with Crippen LogP contribution in [0.1, 0.15) is 54.6 Å². The Hall–Kier alpha value is -3.16. The number of rotatable bonds is 9. The number of urea groups is 1. The van der Waals surface area contributed by atoms with Crippen LogP contribution in [0.5, 0.6) is 0 Å². The Bertz CT molecular complexity index is 1860. The van der Waals surface area contributed by atoms with Gasteiger partial charge < -0.3 is 0 Å². The minimum absolute atomic E-state index is 0.132. The number of hydrogen-bond acceptors (Lipinski definition) is 7. The van der Waals surface area contributed by atoms with E-state index in [4.69, 9.17) is 28.2 Å². The molecule has 14 heteroatoms. The van der Waals surface area contributed by atoms with Crippen LogP contribution in [0.3, 0.4) is 0 Å². The van der Waals surface area contributed by atoms with Gasteiger partial charge in [-0.1, -0.05) is 67.0 Å². The number of carbonyl (C=O) groups is 1. The summed E-state index contributed by atoms with van der Waals surface area (Å²) in [6.45, 7) is 9.11. The van der Waals surface area contributed by atoms with Crippen molar-refractivity contribution >= 4 is 51.0 Å². The van der Waals surface area contributed by atoms with Gasteiger partial charge in [-0.05, 0) is 73.2 Å². The summed E-state index contributed by atoms with van der Waals surface area (Å²) >= 11 is 14.2. The summed E-state index contributed by atoms with van der Waals surface area (Å²) < 4.78 is 43.9. The third-order valence-electron chi connectivity index (χ3n) is 7.80. The monoisotopic (exact) mass is 690 g/mol. The zero-order valence-corrected chi connectivity index (χ0v) is 28.3. The fourth-order valence-corrected chi connectivity index (χ4v) is 7.48. The van der Waals surface area contributed by atoms with Crippen LogP contribution in [-0.4, -0.2) is 47.1 Å². The highest BCUT2D eigenvalue weighted by molar-refractivity contribution is 7.98. The number of pyridine rings is 1. The molecular formula is C31H33Cl2FN6O3S2. The highest BCUT2D eigenvalue weighted by Gasteiger charge is 2.31. The van der Waals surface area contributed by atoms with Gasteiger partial charge in [-0.15, -0.1) is 0 Å². The first-order valence-electron chi connectivity index (χ1n) is 14.2. The fraction of sp³-hybridized carbons (Fsp3) is 0.323. The van der Waals surface area contributed by atoms with E-state index in [1.807, 2.05) is 34.4 Å². The van der Waals surface area contributed by atoms with Crippen LogP contribution in [0.25, 0.3) is 5.82 Å². The van der Waals surface area contributed by atoms with E-state index in [0.717, 1.165) is 29.7 Å². The van der Waals surface area contributed by atoms with Gasteiger partial charge in [0.15, 0.2) is 5.16 Å². The molecule has 238 valence electrons. The zero-order chi connectivity index (χ0) is 32.5. The van der Waals surface area contributed by atoms with Gasteiger partial charge in [0.05, 0.1) is 23.0 Å². The Morgan fingerprint density at radius 3 is 2.40 bits per heavy atom. The number of aromatic nitrogens is 3. The molecule has 1 aliphatic heterocycles. The van der Waals surface area contributed by atoms with Crippen molar-refractivity contribution in [1.82, 2.24) is 29.7 Å². The lowest BCUT2D eigenvalue weighted by Gasteiger charge is -2.27. The molecule has 0 aliphatic carbocycles. The molecule has 4 aromatic rings. The van der Waals surface area contributed by atoms with Crippen molar-refractivity contribution in [2.45, 2.75) is 61.8 Å². The van der Waals surface area contributed by atoms with Gasteiger partial charge in [0.2, 0.25) is 0 Å². The highest BCUT2D eigenvalue weighted by Crippen LogP contribution is 2.38. The maximum atomic E-state index is 14.2. The molecule has 0 radical (unpaired) electrons. The molecule has 45 heavy (non-hydrogen) atoms. The van der Waals surface area contributed by atoms with Crippen molar-refractivity contribution in [1.29, 1.82) is 0 Å². The average Bonchev–Trinajstić information content (AvgIpc) is 3.65. The van der Waals surface area contributed by atoms with E-state index in [1.54, 1.807) is 30.3 Å². The van der Waals surface area contributed by atoms with Gasteiger partial charge in [0.1, 0.15) is 11.6 Å². The van der Waals surface area contributed by atoms with Gasteiger partial charge in [-0.3, -0.25) is 9.99 Å². The molecule has 1 aliphatic rings. The van der Waals surface area contributed by atoms with Crippen molar-refractivity contribution in [3.8, 4) is 5.82 Å². The lowest BCUT2D eigenvalue weighted by atomic mass is 9.81. The first-order chi connectivity index (χ1) is 21.3.